The van der Waals surface area contributed by atoms with E-state index in [0.29, 0.717) is 12.3 Å². The summed E-state index contributed by atoms with van der Waals surface area (Å²) in [7, 11) is 3.31. The summed E-state index contributed by atoms with van der Waals surface area (Å²) in [6.45, 7) is 0.517. The molecule has 0 aliphatic carbocycles. The van der Waals surface area contributed by atoms with Crippen LogP contribution in [0, 0.1) is 0 Å². The minimum absolute atomic E-state index is 0.103. The molecule has 0 aliphatic heterocycles. The van der Waals surface area contributed by atoms with Crippen molar-refractivity contribution >= 4 is 11.7 Å². The fourth-order valence-corrected chi connectivity index (χ4v) is 2.39. The smallest absolute Gasteiger partial charge is 0.343 e. The van der Waals surface area contributed by atoms with Crippen LogP contribution in [-0.4, -0.2) is 41.7 Å². The molecule has 0 bridgehead atoms. The van der Waals surface area contributed by atoms with Gasteiger partial charge in [0.2, 0.25) is 0 Å². The summed E-state index contributed by atoms with van der Waals surface area (Å²) in [4.78, 5) is 14.8. The highest BCUT2D eigenvalue weighted by Crippen LogP contribution is 2.20. The average Bonchev–Trinajstić information content (AvgIpc) is 3.15. The van der Waals surface area contributed by atoms with Crippen LogP contribution in [-0.2, 0) is 16.1 Å². The van der Waals surface area contributed by atoms with E-state index in [1.807, 2.05) is 61.6 Å². The predicted octanol–water partition coefficient (Wildman–Crippen LogP) is 2.46. The molecule has 3 aromatic rings. The van der Waals surface area contributed by atoms with E-state index in [-0.39, 0.29) is 6.61 Å². The quantitative estimate of drug-likeness (QED) is 0.609. The molecule has 0 fully saturated rings. The Morgan fingerprint density at radius 2 is 1.85 bits per heavy atom. The first kappa shape index (κ1) is 17.5. The lowest BCUT2D eigenvalue weighted by atomic mass is 10.2. The highest BCUT2D eigenvalue weighted by atomic mass is 16.6. The molecule has 2 aromatic carbocycles. The van der Waals surface area contributed by atoms with Crippen LogP contribution < -0.4 is 9.64 Å². The van der Waals surface area contributed by atoms with Gasteiger partial charge in [0.1, 0.15) is 11.4 Å². The van der Waals surface area contributed by atoms with Gasteiger partial charge in [0.25, 0.3) is 0 Å². The van der Waals surface area contributed by atoms with E-state index < -0.39 is 5.97 Å². The van der Waals surface area contributed by atoms with Gasteiger partial charge in [-0.2, -0.15) is 15.0 Å². The van der Waals surface area contributed by atoms with Gasteiger partial charge in [-0.05, 0) is 36.4 Å². The number of hydrogen-bond acceptors (Lipinski definition) is 6. The van der Waals surface area contributed by atoms with Gasteiger partial charge in [-0.3, -0.25) is 0 Å². The van der Waals surface area contributed by atoms with Crippen molar-refractivity contribution in [1.29, 1.82) is 0 Å². The monoisotopic (exact) mass is 352 g/mol. The highest BCUT2D eigenvalue weighted by molar-refractivity contribution is 5.70. The Balaban J connectivity index is 1.60. The van der Waals surface area contributed by atoms with Crippen LogP contribution in [0.15, 0.2) is 60.8 Å². The van der Waals surface area contributed by atoms with Crippen molar-refractivity contribution in [1.82, 2.24) is 15.0 Å². The maximum absolute atomic E-state index is 11.1. The molecular formula is C19H20N4O3. The number of anilines is 1. The molecule has 0 N–H and O–H groups in total. The Bertz CT molecular complexity index is 847. The van der Waals surface area contributed by atoms with Crippen molar-refractivity contribution in [3.05, 3.63) is 66.5 Å². The van der Waals surface area contributed by atoms with E-state index in [1.165, 1.54) is 7.11 Å². The maximum atomic E-state index is 11.1. The van der Waals surface area contributed by atoms with E-state index >= 15 is 0 Å². The summed E-state index contributed by atoms with van der Waals surface area (Å²) in [6.07, 6.45) is 1.76. The van der Waals surface area contributed by atoms with Crippen LogP contribution in [0.25, 0.3) is 5.69 Å². The number of benzene rings is 2. The van der Waals surface area contributed by atoms with Crippen LogP contribution in [0.4, 0.5) is 5.69 Å². The molecule has 1 aromatic heterocycles. The molecule has 134 valence electrons. The number of ether oxygens (including phenoxy) is 2. The fourth-order valence-electron chi connectivity index (χ4n) is 2.39. The molecule has 0 radical (unpaired) electrons. The Labute approximate surface area is 151 Å². The standard InChI is InChI=1S/C19H20N4O3/c1-22(16-8-10-18(11-9-16)26-14-19(24)25-2)13-15-12-20-23(21-15)17-6-4-3-5-7-17/h3-12H,13-14H2,1-2H3. The van der Waals surface area contributed by atoms with Crippen LogP contribution in [0.1, 0.15) is 5.69 Å². The molecule has 3 rings (SSSR count). The van der Waals surface area contributed by atoms with Gasteiger partial charge in [0.05, 0.1) is 25.5 Å². The van der Waals surface area contributed by atoms with Crippen molar-refractivity contribution in [2.75, 3.05) is 25.7 Å². The van der Waals surface area contributed by atoms with E-state index in [0.717, 1.165) is 17.1 Å². The van der Waals surface area contributed by atoms with Crippen molar-refractivity contribution in [3.8, 4) is 11.4 Å². The molecule has 0 atom stereocenters. The molecule has 0 saturated heterocycles. The zero-order valence-electron chi connectivity index (χ0n) is 14.7. The zero-order chi connectivity index (χ0) is 18.4. The third-order valence-electron chi connectivity index (χ3n) is 3.79. The number of para-hydroxylation sites is 1. The van der Waals surface area contributed by atoms with E-state index in [9.17, 15) is 4.79 Å². The second kappa shape index (κ2) is 8.15. The SMILES string of the molecule is COC(=O)COc1ccc(N(C)Cc2cnn(-c3ccccc3)n2)cc1. The first-order valence-corrected chi connectivity index (χ1v) is 8.13. The molecule has 0 amide bonds. The minimum Gasteiger partial charge on any atom is -0.482 e. The number of hydrogen-bond donors (Lipinski definition) is 0. The lowest BCUT2D eigenvalue weighted by molar-refractivity contribution is -0.142. The molecule has 1 heterocycles. The van der Waals surface area contributed by atoms with Gasteiger partial charge >= 0.3 is 5.97 Å². The highest BCUT2D eigenvalue weighted by Gasteiger charge is 2.08. The van der Waals surface area contributed by atoms with Gasteiger partial charge in [0.15, 0.2) is 6.61 Å². The fraction of sp³-hybridized carbons (Fsp3) is 0.211. The number of methoxy groups -OCH3 is 1. The largest absolute Gasteiger partial charge is 0.482 e. The molecule has 0 spiro atoms. The molecule has 0 aliphatic rings. The summed E-state index contributed by atoms with van der Waals surface area (Å²) >= 11 is 0. The first-order chi connectivity index (χ1) is 12.7. The number of nitrogens with zero attached hydrogens (tertiary/aromatic N) is 4. The number of esters is 1. The Hall–Kier alpha value is -3.35. The summed E-state index contributed by atoms with van der Waals surface area (Å²) in [6, 6.07) is 17.3. The first-order valence-electron chi connectivity index (χ1n) is 8.13. The summed E-state index contributed by atoms with van der Waals surface area (Å²) in [5.41, 5.74) is 2.79. The molecule has 26 heavy (non-hydrogen) atoms. The van der Waals surface area contributed by atoms with Crippen LogP contribution in [0.3, 0.4) is 0 Å². The minimum atomic E-state index is -0.410. The second-order valence-electron chi connectivity index (χ2n) is 5.68. The Kier molecular flexibility index (Phi) is 5.48. The van der Waals surface area contributed by atoms with Crippen LogP contribution in [0.2, 0.25) is 0 Å². The van der Waals surface area contributed by atoms with Gasteiger partial charge in [-0.15, -0.1) is 0 Å². The summed E-state index contributed by atoms with van der Waals surface area (Å²) in [5, 5.41) is 8.82. The van der Waals surface area contributed by atoms with Crippen molar-refractivity contribution in [3.63, 3.8) is 0 Å². The van der Waals surface area contributed by atoms with E-state index in [1.54, 1.807) is 11.0 Å². The molecule has 7 heteroatoms. The number of rotatable bonds is 7. The molecule has 7 nitrogen and oxygen atoms in total. The third kappa shape index (κ3) is 4.38. The van der Waals surface area contributed by atoms with Crippen molar-refractivity contribution < 1.29 is 14.3 Å². The van der Waals surface area contributed by atoms with Gasteiger partial charge in [0, 0.05) is 12.7 Å². The van der Waals surface area contributed by atoms with Crippen LogP contribution in [0.5, 0.6) is 5.75 Å². The molecule has 0 unspecified atom stereocenters. The molecular weight excluding hydrogens is 332 g/mol. The zero-order valence-corrected chi connectivity index (χ0v) is 14.7. The van der Waals surface area contributed by atoms with Gasteiger partial charge in [-0.1, -0.05) is 18.2 Å². The molecule has 0 saturated carbocycles. The lowest BCUT2D eigenvalue weighted by Crippen LogP contribution is -2.17. The summed E-state index contributed by atoms with van der Waals surface area (Å²) < 4.78 is 9.89. The van der Waals surface area contributed by atoms with Gasteiger partial charge in [-0.25, -0.2) is 4.79 Å². The van der Waals surface area contributed by atoms with Crippen molar-refractivity contribution in [2.45, 2.75) is 6.54 Å². The lowest BCUT2D eigenvalue weighted by Gasteiger charge is -2.18. The third-order valence-corrected chi connectivity index (χ3v) is 3.79. The van der Waals surface area contributed by atoms with E-state index in [2.05, 4.69) is 19.8 Å². The second-order valence-corrected chi connectivity index (χ2v) is 5.68. The summed E-state index contributed by atoms with van der Waals surface area (Å²) in [5.74, 6) is 0.204. The van der Waals surface area contributed by atoms with Crippen molar-refractivity contribution in [2.24, 2.45) is 0 Å². The van der Waals surface area contributed by atoms with Gasteiger partial charge < -0.3 is 14.4 Å². The number of aromatic nitrogens is 3. The number of carbonyl (C=O) groups is 1. The van der Waals surface area contributed by atoms with Crippen LogP contribution >= 0.6 is 0 Å². The number of carbonyl (C=O) groups excluding carboxylic acids is 1. The normalized spacial score (nSPS) is 10.4. The predicted molar refractivity (Wildman–Crippen MR) is 97.4 cm³/mol. The average molecular weight is 352 g/mol. The topological polar surface area (TPSA) is 69.5 Å². The Morgan fingerprint density at radius 1 is 1.12 bits per heavy atom. The Morgan fingerprint density at radius 3 is 2.54 bits per heavy atom. The van der Waals surface area contributed by atoms with E-state index in [4.69, 9.17) is 4.74 Å². The maximum Gasteiger partial charge on any atom is 0.343 e.